The van der Waals surface area contributed by atoms with E-state index in [4.69, 9.17) is 5.11 Å². The molecular weight excluding hydrogens is 296 g/mol. The zero-order valence-corrected chi connectivity index (χ0v) is 12.8. The third-order valence-electron chi connectivity index (χ3n) is 3.94. The fourth-order valence-corrected chi connectivity index (χ4v) is 2.43. The quantitative estimate of drug-likeness (QED) is 0.875. The smallest absolute Gasteiger partial charge is 0.308 e. The first-order valence-corrected chi connectivity index (χ1v) is 7.57. The van der Waals surface area contributed by atoms with E-state index in [0.717, 1.165) is 18.5 Å². The van der Waals surface area contributed by atoms with E-state index in [0.29, 0.717) is 5.56 Å². The van der Waals surface area contributed by atoms with Crippen LogP contribution in [0.3, 0.4) is 0 Å². The Morgan fingerprint density at radius 3 is 2.57 bits per heavy atom. The van der Waals surface area contributed by atoms with E-state index in [9.17, 15) is 9.59 Å². The predicted octanol–water partition coefficient (Wildman–Crippen LogP) is 1.59. The molecule has 1 unspecified atom stereocenters. The van der Waals surface area contributed by atoms with Gasteiger partial charge in [-0.1, -0.05) is 12.1 Å². The van der Waals surface area contributed by atoms with Crippen molar-refractivity contribution in [1.82, 2.24) is 19.9 Å². The van der Waals surface area contributed by atoms with Crippen molar-refractivity contribution in [3.8, 4) is 5.69 Å². The van der Waals surface area contributed by atoms with Gasteiger partial charge in [0, 0.05) is 18.2 Å². The summed E-state index contributed by atoms with van der Waals surface area (Å²) in [6, 6.07) is 7.24. The van der Waals surface area contributed by atoms with E-state index in [1.807, 2.05) is 0 Å². The standard InChI is InChI=1S/C16H18N4O3/c1-11(16(22)23)10-19(13-6-7-13)15(21)12-2-4-14(5-3-12)20-9-8-17-18-20/h2-5,8-9,11,13H,6-7,10H2,1H3,(H,22,23). The number of rotatable bonds is 6. The number of benzene rings is 1. The van der Waals surface area contributed by atoms with Crippen molar-refractivity contribution in [2.45, 2.75) is 25.8 Å². The third-order valence-corrected chi connectivity index (χ3v) is 3.94. The first-order chi connectivity index (χ1) is 11.1. The molecule has 1 aliphatic carbocycles. The van der Waals surface area contributed by atoms with Crippen molar-refractivity contribution in [2.24, 2.45) is 5.92 Å². The number of amides is 1. The van der Waals surface area contributed by atoms with Crippen molar-refractivity contribution in [1.29, 1.82) is 0 Å². The van der Waals surface area contributed by atoms with Crippen LogP contribution in [-0.2, 0) is 4.79 Å². The Hall–Kier alpha value is -2.70. The highest BCUT2D eigenvalue weighted by atomic mass is 16.4. The minimum atomic E-state index is -0.884. The fraction of sp³-hybridized carbons (Fsp3) is 0.375. The molecule has 1 fully saturated rings. The molecule has 1 N–H and O–H groups in total. The molecule has 1 aromatic heterocycles. The number of carbonyl (C=O) groups is 2. The molecule has 1 amide bonds. The van der Waals surface area contributed by atoms with Crippen molar-refractivity contribution >= 4 is 11.9 Å². The van der Waals surface area contributed by atoms with Gasteiger partial charge in [0.25, 0.3) is 5.91 Å². The van der Waals surface area contributed by atoms with Crippen LogP contribution in [0.5, 0.6) is 0 Å². The SMILES string of the molecule is CC(CN(C(=O)c1ccc(-n2ccnn2)cc1)C1CC1)C(=O)O. The average molecular weight is 314 g/mol. The number of aromatic nitrogens is 3. The molecule has 1 saturated carbocycles. The number of carboxylic acid groups (broad SMARTS) is 1. The van der Waals surface area contributed by atoms with Crippen LogP contribution in [-0.4, -0.2) is 49.5 Å². The van der Waals surface area contributed by atoms with Crippen LogP contribution in [0.2, 0.25) is 0 Å². The zero-order valence-electron chi connectivity index (χ0n) is 12.8. The molecule has 1 aromatic carbocycles. The second-order valence-electron chi connectivity index (χ2n) is 5.82. The molecule has 1 heterocycles. The van der Waals surface area contributed by atoms with Crippen molar-refractivity contribution in [3.63, 3.8) is 0 Å². The Bertz CT molecular complexity index is 693. The van der Waals surface area contributed by atoms with E-state index in [1.165, 1.54) is 0 Å². The van der Waals surface area contributed by atoms with E-state index in [1.54, 1.807) is 53.2 Å². The molecular formula is C16H18N4O3. The molecule has 1 atom stereocenters. The van der Waals surface area contributed by atoms with Gasteiger partial charge in [0.2, 0.25) is 0 Å². The highest BCUT2D eigenvalue weighted by Gasteiger charge is 2.34. The van der Waals surface area contributed by atoms with E-state index >= 15 is 0 Å². The van der Waals surface area contributed by atoms with Gasteiger partial charge in [0.1, 0.15) is 0 Å². The van der Waals surface area contributed by atoms with Gasteiger partial charge in [0.05, 0.1) is 24.0 Å². The molecule has 0 radical (unpaired) electrons. The summed E-state index contributed by atoms with van der Waals surface area (Å²) in [4.78, 5) is 25.4. The van der Waals surface area contributed by atoms with E-state index in [2.05, 4.69) is 10.3 Å². The Labute approximate surface area is 133 Å². The Morgan fingerprint density at radius 2 is 2.04 bits per heavy atom. The van der Waals surface area contributed by atoms with Crippen LogP contribution in [0.4, 0.5) is 0 Å². The van der Waals surface area contributed by atoms with Gasteiger partial charge in [-0.2, -0.15) is 0 Å². The lowest BCUT2D eigenvalue weighted by atomic mass is 10.1. The van der Waals surface area contributed by atoms with Crippen LogP contribution in [0.1, 0.15) is 30.1 Å². The summed E-state index contributed by atoms with van der Waals surface area (Å²) in [7, 11) is 0. The summed E-state index contributed by atoms with van der Waals surface area (Å²) >= 11 is 0. The lowest BCUT2D eigenvalue weighted by Crippen LogP contribution is -2.38. The molecule has 2 aromatic rings. The predicted molar refractivity (Wildman–Crippen MR) is 82.2 cm³/mol. The van der Waals surface area contributed by atoms with Gasteiger partial charge < -0.3 is 10.0 Å². The molecule has 7 heteroatoms. The summed E-state index contributed by atoms with van der Waals surface area (Å²) in [5, 5.41) is 16.7. The molecule has 3 rings (SSSR count). The van der Waals surface area contributed by atoms with Gasteiger partial charge in [-0.3, -0.25) is 9.59 Å². The van der Waals surface area contributed by atoms with Crippen molar-refractivity contribution in [2.75, 3.05) is 6.54 Å². The number of nitrogens with zero attached hydrogens (tertiary/aromatic N) is 4. The van der Waals surface area contributed by atoms with Gasteiger partial charge in [-0.25, -0.2) is 4.68 Å². The van der Waals surface area contributed by atoms with Crippen molar-refractivity contribution in [3.05, 3.63) is 42.2 Å². The normalized spacial score (nSPS) is 15.2. The van der Waals surface area contributed by atoms with Crippen LogP contribution in [0.15, 0.2) is 36.7 Å². The molecule has 0 bridgehead atoms. The molecule has 120 valence electrons. The summed E-state index contributed by atoms with van der Waals surface area (Å²) in [5.74, 6) is -1.58. The van der Waals surface area contributed by atoms with Gasteiger partial charge in [-0.05, 0) is 37.1 Å². The number of aliphatic carboxylic acids is 1. The molecule has 7 nitrogen and oxygen atoms in total. The number of carbonyl (C=O) groups excluding carboxylic acids is 1. The van der Waals surface area contributed by atoms with Gasteiger partial charge in [0.15, 0.2) is 0 Å². The van der Waals surface area contributed by atoms with Gasteiger partial charge >= 0.3 is 5.97 Å². The zero-order chi connectivity index (χ0) is 16.4. The van der Waals surface area contributed by atoms with Crippen LogP contribution >= 0.6 is 0 Å². The summed E-state index contributed by atoms with van der Waals surface area (Å²) in [5.41, 5.74) is 1.37. The second kappa shape index (κ2) is 6.20. The monoisotopic (exact) mass is 314 g/mol. The second-order valence-corrected chi connectivity index (χ2v) is 5.82. The van der Waals surface area contributed by atoms with Crippen molar-refractivity contribution < 1.29 is 14.7 Å². The summed E-state index contributed by atoms with van der Waals surface area (Å²) < 4.78 is 1.61. The molecule has 0 saturated heterocycles. The minimum Gasteiger partial charge on any atom is -0.481 e. The maximum Gasteiger partial charge on any atom is 0.308 e. The third kappa shape index (κ3) is 3.39. The Balaban J connectivity index is 1.76. The minimum absolute atomic E-state index is 0.120. The Morgan fingerprint density at radius 1 is 1.35 bits per heavy atom. The largest absolute Gasteiger partial charge is 0.481 e. The number of hydrogen-bond donors (Lipinski definition) is 1. The molecule has 0 aliphatic heterocycles. The van der Waals surface area contributed by atoms with Crippen LogP contribution in [0.25, 0.3) is 5.69 Å². The van der Waals surface area contributed by atoms with Gasteiger partial charge in [-0.15, -0.1) is 5.10 Å². The summed E-state index contributed by atoms with van der Waals surface area (Å²) in [6.07, 6.45) is 5.19. The molecule has 23 heavy (non-hydrogen) atoms. The lowest BCUT2D eigenvalue weighted by molar-refractivity contribution is -0.141. The van der Waals surface area contributed by atoms with Crippen LogP contribution < -0.4 is 0 Å². The first-order valence-electron chi connectivity index (χ1n) is 7.57. The highest BCUT2D eigenvalue weighted by molar-refractivity contribution is 5.95. The molecule has 1 aliphatic rings. The Kier molecular flexibility index (Phi) is 4.10. The maximum atomic E-state index is 12.7. The highest BCUT2D eigenvalue weighted by Crippen LogP contribution is 2.29. The lowest BCUT2D eigenvalue weighted by Gasteiger charge is -2.24. The number of carboxylic acids is 1. The van der Waals surface area contributed by atoms with E-state index < -0.39 is 11.9 Å². The maximum absolute atomic E-state index is 12.7. The first kappa shape index (κ1) is 15.2. The average Bonchev–Trinajstić information content (AvgIpc) is 3.25. The van der Waals surface area contributed by atoms with E-state index in [-0.39, 0.29) is 18.5 Å². The fourth-order valence-electron chi connectivity index (χ4n) is 2.43. The number of hydrogen-bond acceptors (Lipinski definition) is 4. The molecule has 0 spiro atoms. The van der Waals surface area contributed by atoms with Crippen LogP contribution in [0, 0.1) is 5.92 Å². The summed E-state index contributed by atoms with van der Waals surface area (Å²) in [6.45, 7) is 1.86. The topological polar surface area (TPSA) is 88.3 Å².